The van der Waals surface area contributed by atoms with Crippen LogP contribution in [-0.4, -0.2) is 46.3 Å². The van der Waals surface area contributed by atoms with Crippen molar-refractivity contribution in [1.29, 1.82) is 0 Å². The Balaban J connectivity index is 1.85. The molecule has 0 fully saturated rings. The number of aromatic nitrogens is 1. The number of para-hydroxylation sites is 1. The van der Waals surface area contributed by atoms with Crippen molar-refractivity contribution >= 4 is 41.1 Å². The predicted molar refractivity (Wildman–Crippen MR) is 139 cm³/mol. The zero-order valence-electron chi connectivity index (χ0n) is 19.2. The zero-order valence-corrected chi connectivity index (χ0v) is 20.8. The van der Waals surface area contributed by atoms with Gasteiger partial charge in [-0.25, -0.2) is 14.1 Å². The van der Waals surface area contributed by atoms with E-state index < -0.39 is 5.97 Å². The molecule has 1 aliphatic heterocycles. The molecule has 0 radical (unpaired) electrons. The van der Waals surface area contributed by atoms with Gasteiger partial charge in [0.15, 0.2) is 0 Å². The highest BCUT2D eigenvalue weighted by Crippen LogP contribution is 2.45. The Morgan fingerprint density at radius 2 is 1.97 bits per heavy atom. The molecule has 1 N–H and O–H groups in total. The van der Waals surface area contributed by atoms with Gasteiger partial charge in [0.05, 0.1) is 11.4 Å². The summed E-state index contributed by atoms with van der Waals surface area (Å²) in [5, 5.41) is 9.42. The number of anilines is 2. The topological polar surface area (TPSA) is 56.7 Å². The summed E-state index contributed by atoms with van der Waals surface area (Å²) in [6.45, 7) is 3.16. The van der Waals surface area contributed by atoms with E-state index >= 15 is 0 Å². The van der Waals surface area contributed by atoms with Gasteiger partial charge in [0.2, 0.25) is 0 Å². The lowest BCUT2D eigenvalue weighted by molar-refractivity contribution is 0.0690. The van der Waals surface area contributed by atoms with E-state index in [-0.39, 0.29) is 5.69 Å². The lowest BCUT2D eigenvalue weighted by Crippen LogP contribution is -2.35. The summed E-state index contributed by atoms with van der Waals surface area (Å²) in [5.74, 6) is -1.01. The number of likely N-dealkylation sites (N-methyl/N-ethyl adjacent to an activating group) is 1. The molecule has 2 heterocycles. The fourth-order valence-electron chi connectivity index (χ4n) is 4.13. The standard InChI is InChI=1S/C26H29N3O2S2/c1-4-5-10-19-17-29(18-11-7-6-8-12-18)23-16-24(32-3)20(15-25(23)33-28(19)2)21-13-9-14-22(27-21)26(30)31/h6-9,11-16,19H,4-5,10,17H2,1-3H3,(H,30,31). The number of unbranched alkanes of at least 4 members (excludes halogenated alkanes) is 1. The fraction of sp³-hybridized carbons (Fsp3) is 0.308. The molecule has 1 aliphatic rings. The normalized spacial score (nSPS) is 16.3. The van der Waals surface area contributed by atoms with Crippen molar-refractivity contribution in [2.45, 2.75) is 42.0 Å². The number of nitrogens with zero attached hydrogens (tertiary/aromatic N) is 3. The number of thioether (sulfide) groups is 1. The summed E-state index contributed by atoms with van der Waals surface area (Å²) in [6, 6.07) is 20.6. The van der Waals surface area contributed by atoms with Crippen molar-refractivity contribution in [3.8, 4) is 11.3 Å². The first-order valence-corrected chi connectivity index (χ1v) is 13.2. The molecule has 172 valence electrons. The number of benzene rings is 2. The summed E-state index contributed by atoms with van der Waals surface area (Å²) < 4.78 is 2.38. The molecule has 3 aromatic rings. The van der Waals surface area contributed by atoms with Crippen LogP contribution in [0.1, 0.15) is 36.7 Å². The third-order valence-corrected chi connectivity index (χ3v) is 7.81. The second kappa shape index (κ2) is 10.6. The van der Waals surface area contributed by atoms with Gasteiger partial charge in [-0.15, -0.1) is 11.8 Å². The van der Waals surface area contributed by atoms with E-state index in [0.29, 0.717) is 11.7 Å². The second-order valence-corrected chi connectivity index (χ2v) is 10.2. The molecule has 1 aromatic heterocycles. The summed E-state index contributed by atoms with van der Waals surface area (Å²) in [5.41, 5.74) is 4.07. The number of hydrogen-bond acceptors (Lipinski definition) is 6. The molecule has 33 heavy (non-hydrogen) atoms. The lowest BCUT2D eigenvalue weighted by atomic mass is 10.1. The van der Waals surface area contributed by atoms with Gasteiger partial charge in [0, 0.05) is 33.6 Å². The molecule has 1 unspecified atom stereocenters. The van der Waals surface area contributed by atoms with Crippen LogP contribution >= 0.6 is 23.7 Å². The number of rotatable bonds is 7. The van der Waals surface area contributed by atoms with E-state index in [2.05, 4.69) is 76.9 Å². The van der Waals surface area contributed by atoms with Crippen LogP contribution in [-0.2, 0) is 0 Å². The maximum Gasteiger partial charge on any atom is 0.354 e. The van der Waals surface area contributed by atoms with Crippen molar-refractivity contribution < 1.29 is 9.90 Å². The third kappa shape index (κ3) is 5.21. The van der Waals surface area contributed by atoms with Gasteiger partial charge in [-0.2, -0.15) is 0 Å². The van der Waals surface area contributed by atoms with Crippen LogP contribution in [0.25, 0.3) is 11.3 Å². The predicted octanol–water partition coefficient (Wildman–Crippen LogP) is 6.82. The summed E-state index contributed by atoms with van der Waals surface area (Å²) in [6.07, 6.45) is 5.57. The lowest BCUT2D eigenvalue weighted by Gasteiger charge is -2.30. The number of carboxylic acid groups (broad SMARTS) is 1. The van der Waals surface area contributed by atoms with Gasteiger partial charge in [-0.05, 0) is 68.1 Å². The molecule has 7 heteroatoms. The number of aromatic carboxylic acids is 1. The molecule has 0 saturated carbocycles. The second-order valence-electron chi connectivity index (χ2n) is 8.11. The van der Waals surface area contributed by atoms with Gasteiger partial charge in [-0.3, -0.25) is 0 Å². The van der Waals surface area contributed by atoms with E-state index in [9.17, 15) is 9.90 Å². The highest BCUT2D eigenvalue weighted by Gasteiger charge is 2.28. The smallest absolute Gasteiger partial charge is 0.354 e. The van der Waals surface area contributed by atoms with E-state index in [0.717, 1.165) is 28.3 Å². The number of hydrogen-bond donors (Lipinski definition) is 1. The minimum Gasteiger partial charge on any atom is -0.477 e. The van der Waals surface area contributed by atoms with Crippen LogP contribution in [0.3, 0.4) is 0 Å². The Labute approximate surface area is 204 Å². The van der Waals surface area contributed by atoms with Crippen LogP contribution in [0.5, 0.6) is 0 Å². The molecule has 0 amide bonds. The molecule has 1 atom stereocenters. The van der Waals surface area contributed by atoms with Crippen LogP contribution in [0, 0.1) is 0 Å². The van der Waals surface area contributed by atoms with Gasteiger partial charge in [-0.1, -0.05) is 44.0 Å². The Morgan fingerprint density at radius 1 is 1.18 bits per heavy atom. The summed E-state index contributed by atoms with van der Waals surface area (Å²) in [4.78, 5) is 20.6. The third-order valence-electron chi connectivity index (χ3n) is 5.92. The molecule has 0 saturated heterocycles. The Hall–Kier alpha value is -2.48. The van der Waals surface area contributed by atoms with Crippen LogP contribution in [0.2, 0.25) is 0 Å². The molecule has 4 rings (SSSR count). The maximum absolute atomic E-state index is 11.5. The van der Waals surface area contributed by atoms with Crippen LogP contribution < -0.4 is 4.90 Å². The SMILES string of the molecule is CCCCC1CN(c2ccccc2)c2cc(SC)c(-c3cccc(C(=O)O)n3)cc2SN1C. The zero-order chi connectivity index (χ0) is 23.4. The molecule has 0 spiro atoms. The minimum atomic E-state index is -1.01. The van der Waals surface area contributed by atoms with Gasteiger partial charge in [0.1, 0.15) is 5.69 Å². The molecule has 5 nitrogen and oxygen atoms in total. The van der Waals surface area contributed by atoms with Crippen molar-refractivity contribution in [3.05, 3.63) is 66.4 Å². The largest absolute Gasteiger partial charge is 0.477 e. The number of carboxylic acids is 1. The first-order valence-electron chi connectivity index (χ1n) is 11.2. The van der Waals surface area contributed by atoms with Gasteiger partial charge < -0.3 is 10.0 Å². The monoisotopic (exact) mass is 479 g/mol. The average Bonchev–Trinajstić information content (AvgIpc) is 2.98. The highest BCUT2D eigenvalue weighted by molar-refractivity contribution is 7.98. The van der Waals surface area contributed by atoms with Crippen molar-refractivity contribution in [2.75, 3.05) is 24.7 Å². The Morgan fingerprint density at radius 3 is 2.67 bits per heavy atom. The minimum absolute atomic E-state index is 0.0600. The van der Waals surface area contributed by atoms with Crippen molar-refractivity contribution in [2.24, 2.45) is 0 Å². The Kier molecular flexibility index (Phi) is 7.63. The highest BCUT2D eigenvalue weighted by atomic mass is 32.2. The Bertz CT molecular complexity index is 1120. The summed E-state index contributed by atoms with van der Waals surface area (Å²) in [7, 11) is 2.18. The summed E-state index contributed by atoms with van der Waals surface area (Å²) >= 11 is 3.43. The molecular weight excluding hydrogens is 450 g/mol. The first-order chi connectivity index (χ1) is 16.0. The van der Waals surface area contributed by atoms with Crippen LogP contribution in [0.4, 0.5) is 11.4 Å². The molecular formula is C26H29N3O2S2. The van der Waals surface area contributed by atoms with Crippen LogP contribution in [0.15, 0.2) is 70.5 Å². The fourth-order valence-corrected chi connectivity index (χ4v) is 5.80. The van der Waals surface area contributed by atoms with Gasteiger partial charge >= 0.3 is 5.97 Å². The molecule has 2 aromatic carbocycles. The molecule has 0 bridgehead atoms. The number of carbonyl (C=O) groups is 1. The quantitative estimate of drug-likeness (QED) is 0.295. The van der Waals surface area contributed by atoms with Crippen molar-refractivity contribution in [3.63, 3.8) is 0 Å². The van der Waals surface area contributed by atoms with Gasteiger partial charge in [0.25, 0.3) is 0 Å². The number of fused-ring (bicyclic) bond motifs is 1. The molecule has 0 aliphatic carbocycles. The number of pyridine rings is 1. The van der Waals surface area contributed by atoms with E-state index in [1.54, 1.807) is 29.8 Å². The first kappa shape index (κ1) is 23.7. The average molecular weight is 480 g/mol. The van der Waals surface area contributed by atoms with E-state index in [1.165, 1.54) is 30.3 Å². The van der Waals surface area contributed by atoms with E-state index in [1.807, 2.05) is 6.07 Å². The van der Waals surface area contributed by atoms with E-state index in [4.69, 9.17) is 0 Å². The maximum atomic E-state index is 11.5. The van der Waals surface area contributed by atoms with Crippen molar-refractivity contribution in [1.82, 2.24) is 9.29 Å².